The first-order valence-corrected chi connectivity index (χ1v) is 8.89. The van der Waals surface area contributed by atoms with Gasteiger partial charge in [0.1, 0.15) is 4.88 Å². The maximum absolute atomic E-state index is 12.1. The van der Waals surface area contributed by atoms with Crippen molar-refractivity contribution in [1.29, 1.82) is 0 Å². The lowest BCUT2D eigenvalue weighted by molar-refractivity contribution is 0.0797. The smallest absolute Gasteiger partial charge is 0.263 e. The lowest BCUT2D eigenvalue weighted by atomic mass is 9.99. The summed E-state index contributed by atoms with van der Waals surface area (Å²) in [6, 6.07) is 0. The molecule has 0 aromatic carbocycles. The third-order valence-electron chi connectivity index (χ3n) is 3.97. The Balaban J connectivity index is 1.70. The monoisotopic (exact) mass is 338 g/mol. The highest BCUT2D eigenvalue weighted by atomic mass is 32.1. The summed E-state index contributed by atoms with van der Waals surface area (Å²) < 4.78 is 0. The van der Waals surface area contributed by atoms with E-state index in [1.165, 1.54) is 24.2 Å². The van der Waals surface area contributed by atoms with E-state index in [1.54, 1.807) is 12.3 Å². The summed E-state index contributed by atoms with van der Waals surface area (Å²) in [6.45, 7) is 9.43. The quantitative estimate of drug-likeness (QED) is 0.627. The molecule has 3 N–H and O–H groups in total. The standard InChI is InChI=1S/C16H26N4O2S/c1-3-6-17-16-19-10-14(23-16)15(22)18-9-13(21)11-20-7-4-12(2)5-8-20/h3,10,12-13,21H,1,4-9,11H2,2H3,(H,17,19)(H,18,22). The minimum atomic E-state index is -0.543. The van der Waals surface area contributed by atoms with E-state index in [0.717, 1.165) is 19.0 Å². The number of rotatable bonds is 8. The lowest BCUT2D eigenvalue weighted by Gasteiger charge is -2.31. The van der Waals surface area contributed by atoms with Gasteiger partial charge >= 0.3 is 0 Å². The summed E-state index contributed by atoms with van der Waals surface area (Å²) in [7, 11) is 0. The molecule has 0 saturated carbocycles. The Labute approximate surface area is 141 Å². The summed E-state index contributed by atoms with van der Waals surface area (Å²) in [5.74, 6) is 0.582. The summed E-state index contributed by atoms with van der Waals surface area (Å²) in [5, 5.41) is 16.6. The largest absolute Gasteiger partial charge is 0.390 e. The molecule has 2 rings (SSSR count). The first-order valence-electron chi connectivity index (χ1n) is 8.07. The average Bonchev–Trinajstić information content (AvgIpc) is 3.02. The maximum Gasteiger partial charge on any atom is 0.263 e. The van der Waals surface area contributed by atoms with E-state index in [0.29, 0.717) is 23.1 Å². The first-order chi connectivity index (χ1) is 11.1. The molecule has 1 fully saturated rings. The van der Waals surface area contributed by atoms with Gasteiger partial charge in [-0.1, -0.05) is 24.3 Å². The van der Waals surface area contributed by atoms with Gasteiger partial charge in [0.25, 0.3) is 5.91 Å². The topological polar surface area (TPSA) is 77.5 Å². The van der Waals surface area contributed by atoms with Crippen molar-refractivity contribution in [1.82, 2.24) is 15.2 Å². The molecule has 1 aromatic rings. The van der Waals surface area contributed by atoms with Crippen molar-refractivity contribution >= 4 is 22.4 Å². The molecule has 1 unspecified atom stereocenters. The fourth-order valence-electron chi connectivity index (χ4n) is 2.53. The number of nitrogens with one attached hydrogen (secondary N) is 2. The number of aliphatic hydroxyl groups excluding tert-OH is 1. The van der Waals surface area contributed by atoms with Crippen LogP contribution in [0, 0.1) is 5.92 Å². The molecule has 2 heterocycles. The van der Waals surface area contributed by atoms with Crippen LogP contribution in [0.3, 0.4) is 0 Å². The van der Waals surface area contributed by atoms with E-state index in [1.807, 2.05) is 0 Å². The van der Waals surface area contributed by atoms with Crippen LogP contribution in [-0.2, 0) is 0 Å². The Morgan fingerprint density at radius 3 is 3.04 bits per heavy atom. The van der Waals surface area contributed by atoms with Crippen molar-refractivity contribution in [2.75, 3.05) is 38.0 Å². The fraction of sp³-hybridized carbons (Fsp3) is 0.625. The highest BCUT2D eigenvalue weighted by molar-refractivity contribution is 7.17. The van der Waals surface area contributed by atoms with E-state index >= 15 is 0 Å². The minimum absolute atomic E-state index is 0.194. The predicted molar refractivity (Wildman–Crippen MR) is 94.0 cm³/mol. The van der Waals surface area contributed by atoms with Gasteiger partial charge in [0, 0.05) is 19.6 Å². The highest BCUT2D eigenvalue weighted by Crippen LogP contribution is 2.18. The Bertz CT molecular complexity index is 512. The van der Waals surface area contributed by atoms with Gasteiger partial charge in [-0.15, -0.1) is 6.58 Å². The molecule has 0 bridgehead atoms. The number of likely N-dealkylation sites (tertiary alicyclic amines) is 1. The van der Waals surface area contributed by atoms with Crippen molar-refractivity contribution in [3.63, 3.8) is 0 Å². The van der Waals surface area contributed by atoms with Crippen LogP contribution >= 0.6 is 11.3 Å². The van der Waals surface area contributed by atoms with Crippen LogP contribution in [0.25, 0.3) is 0 Å². The fourth-order valence-corrected chi connectivity index (χ4v) is 3.26. The van der Waals surface area contributed by atoms with E-state index in [9.17, 15) is 9.90 Å². The number of anilines is 1. The molecule has 23 heavy (non-hydrogen) atoms. The molecule has 1 aliphatic rings. The second-order valence-electron chi connectivity index (χ2n) is 6.05. The second kappa shape index (κ2) is 9.00. The first kappa shape index (κ1) is 17.9. The van der Waals surface area contributed by atoms with Gasteiger partial charge in [0.15, 0.2) is 5.13 Å². The van der Waals surface area contributed by atoms with Crippen molar-refractivity contribution in [3.05, 3.63) is 23.7 Å². The number of piperidine rings is 1. The Kier molecular flexibility index (Phi) is 7.01. The second-order valence-corrected chi connectivity index (χ2v) is 7.08. The number of thiazole rings is 1. The number of carbonyl (C=O) groups excluding carboxylic acids is 1. The highest BCUT2D eigenvalue weighted by Gasteiger charge is 2.19. The van der Waals surface area contributed by atoms with Crippen LogP contribution in [0.15, 0.2) is 18.9 Å². The van der Waals surface area contributed by atoms with Crippen LogP contribution < -0.4 is 10.6 Å². The molecule has 1 amide bonds. The summed E-state index contributed by atoms with van der Waals surface area (Å²) >= 11 is 1.29. The summed E-state index contributed by atoms with van der Waals surface area (Å²) in [4.78, 5) is 19.0. The van der Waals surface area contributed by atoms with Crippen LogP contribution in [0.4, 0.5) is 5.13 Å². The number of hydrogen-bond acceptors (Lipinski definition) is 6. The molecular weight excluding hydrogens is 312 g/mol. The van der Waals surface area contributed by atoms with Gasteiger partial charge < -0.3 is 20.6 Å². The molecular formula is C16H26N4O2S. The zero-order valence-electron chi connectivity index (χ0n) is 13.6. The van der Waals surface area contributed by atoms with Crippen molar-refractivity contribution in [2.24, 2.45) is 5.92 Å². The zero-order valence-corrected chi connectivity index (χ0v) is 14.4. The van der Waals surface area contributed by atoms with Gasteiger partial charge in [-0.3, -0.25) is 4.79 Å². The van der Waals surface area contributed by atoms with E-state index < -0.39 is 6.10 Å². The SMILES string of the molecule is C=CCNc1ncc(C(=O)NCC(O)CN2CCC(C)CC2)s1. The molecule has 0 spiro atoms. The Morgan fingerprint density at radius 2 is 2.35 bits per heavy atom. The van der Waals surface area contributed by atoms with Gasteiger partial charge in [0.2, 0.25) is 0 Å². The number of aliphatic hydroxyl groups is 1. The number of carbonyl (C=O) groups is 1. The van der Waals surface area contributed by atoms with Crippen LogP contribution in [0.1, 0.15) is 29.4 Å². The van der Waals surface area contributed by atoms with Gasteiger partial charge in [0.05, 0.1) is 12.3 Å². The molecule has 128 valence electrons. The van der Waals surface area contributed by atoms with Crippen LogP contribution in [0.2, 0.25) is 0 Å². The number of amides is 1. The Morgan fingerprint density at radius 1 is 1.61 bits per heavy atom. The molecule has 7 heteroatoms. The third kappa shape index (κ3) is 5.93. The summed E-state index contributed by atoms with van der Waals surface area (Å²) in [6.07, 6.45) is 5.10. The number of β-amino-alcohol motifs (C(OH)–C–C–N with tert-alkyl or cyclic N) is 1. The molecule has 1 atom stereocenters. The van der Waals surface area contributed by atoms with Gasteiger partial charge in [-0.2, -0.15) is 0 Å². The molecule has 1 aromatic heterocycles. The average molecular weight is 338 g/mol. The van der Waals surface area contributed by atoms with Crippen molar-refractivity contribution < 1.29 is 9.90 Å². The van der Waals surface area contributed by atoms with Crippen molar-refractivity contribution in [3.8, 4) is 0 Å². The van der Waals surface area contributed by atoms with E-state index in [2.05, 4.69) is 34.0 Å². The molecule has 6 nitrogen and oxygen atoms in total. The number of hydrogen-bond donors (Lipinski definition) is 3. The Hall–Kier alpha value is -1.44. The van der Waals surface area contributed by atoms with E-state index in [-0.39, 0.29) is 12.5 Å². The minimum Gasteiger partial charge on any atom is -0.390 e. The van der Waals surface area contributed by atoms with Crippen molar-refractivity contribution in [2.45, 2.75) is 25.9 Å². The van der Waals surface area contributed by atoms with E-state index in [4.69, 9.17) is 0 Å². The normalized spacial score (nSPS) is 17.7. The van der Waals surface area contributed by atoms with Crippen LogP contribution in [0.5, 0.6) is 0 Å². The van der Waals surface area contributed by atoms with Gasteiger partial charge in [-0.05, 0) is 31.8 Å². The lowest BCUT2D eigenvalue weighted by Crippen LogP contribution is -2.42. The molecule has 0 aliphatic carbocycles. The number of aromatic nitrogens is 1. The summed E-state index contributed by atoms with van der Waals surface area (Å²) in [5.41, 5.74) is 0. The third-order valence-corrected chi connectivity index (χ3v) is 4.92. The van der Waals surface area contributed by atoms with Crippen LogP contribution in [-0.4, -0.2) is 59.7 Å². The maximum atomic E-state index is 12.1. The molecule has 1 saturated heterocycles. The predicted octanol–water partition coefficient (Wildman–Crippen LogP) is 1.56. The molecule has 1 aliphatic heterocycles. The number of nitrogens with zero attached hydrogens (tertiary/aromatic N) is 2. The zero-order chi connectivity index (χ0) is 16.7. The van der Waals surface area contributed by atoms with Gasteiger partial charge in [-0.25, -0.2) is 4.98 Å². The molecule has 0 radical (unpaired) electrons.